The van der Waals surface area contributed by atoms with Crippen LogP contribution in [0.3, 0.4) is 0 Å². The molecule has 2 heterocycles. The molecule has 3 N–H and O–H groups in total. The van der Waals surface area contributed by atoms with Crippen molar-refractivity contribution >= 4 is 24.3 Å². The number of hydrogen-bond donors (Lipinski definition) is 3. The molecule has 3 amide bonds. The first-order chi connectivity index (χ1) is 9.69. The molecule has 0 aromatic carbocycles. The highest BCUT2D eigenvalue weighted by Gasteiger charge is 2.27. The second-order valence-corrected chi connectivity index (χ2v) is 5.73. The Labute approximate surface area is 132 Å². The van der Waals surface area contributed by atoms with Crippen molar-refractivity contribution in [2.24, 2.45) is 5.92 Å². The summed E-state index contributed by atoms with van der Waals surface area (Å²) in [5.41, 5.74) is 0. The van der Waals surface area contributed by atoms with E-state index < -0.39 is 0 Å². The molecule has 0 radical (unpaired) electrons. The SMILES string of the molecule is CCNC(=O)N1CCC(NC(=O)CCC2CCNC2)C1.Cl. The van der Waals surface area contributed by atoms with Crippen molar-refractivity contribution in [2.45, 2.75) is 38.6 Å². The monoisotopic (exact) mass is 318 g/mol. The number of urea groups is 1. The molecule has 0 spiro atoms. The van der Waals surface area contributed by atoms with Gasteiger partial charge in [-0.25, -0.2) is 4.79 Å². The molecule has 2 atom stereocenters. The number of likely N-dealkylation sites (tertiary alicyclic amines) is 1. The largest absolute Gasteiger partial charge is 0.352 e. The lowest BCUT2D eigenvalue weighted by molar-refractivity contribution is -0.122. The molecule has 0 bridgehead atoms. The minimum absolute atomic E-state index is 0. The summed E-state index contributed by atoms with van der Waals surface area (Å²) in [6, 6.07) is 0.0908. The zero-order valence-corrected chi connectivity index (χ0v) is 13.5. The third-order valence-electron chi connectivity index (χ3n) is 4.11. The summed E-state index contributed by atoms with van der Waals surface area (Å²) < 4.78 is 0. The predicted molar refractivity (Wildman–Crippen MR) is 84.7 cm³/mol. The van der Waals surface area contributed by atoms with Crippen LogP contribution >= 0.6 is 12.4 Å². The minimum atomic E-state index is -0.0266. The van der Waals surface area contributed by atoms with E-state index in [1.807, 2.05) is 6.92 Å². The maximum atomic E-state index is 11.9. The van der Waals surface area contributed by atoms with Gasteiger partial charge in [-0.1, -0.05) is 0 Å². The molecule has 2 fully saturated rings. The second kappa shape index (κ2) is 9.10. The summed E-state index contributed by atoms with van der Waals surface area (Å²) >= 11 is 0. The zero-order valence-electron chi connectivity index (χ0n) is 12.7. The summed E-state index contributed by atoms with van der Waals surface area (Å²) in [4.78, 5) is 25.4. The van der Waals surface area contributed by atoms with Crippen LogP contribution in [0.5, 0.6) is 0 Å². The van der Waals surface area contributed by atoms with E-state index in [1.165, 1.54) is 6.42 Å². The van der Waals surface area contributed by atoms with Crippen molar-refractivity contribution in [2.75, 3.05) is 32.7 Å². The molecule has 0 saturated carbocycles. The lowest BCUT2D eigenvalue weighted by Crippen LogP contribution is -2.42. The van der Waals surface area contributed by atoms with Crippen LogP contribution in [0, 0.1) is 5.92 Å². The molecular formula is C14H27ClN4O2. The van der Waals surface area contributed by atoms with Gasteiger partial charge in [0.1, 0.15) is 0 Å². The quantitative estimate of drug-likeness (QED) is 0.699. The number of nitrogens with one attached hydrogen (secondary N) is 3. The van der Waals surface area contributed by atoms with Gasteiger partial charge in [-0.2, -0.15) is 0 Å². The van der Waals surface area contributed by atoms with Crippen LogP contribution in [0.4, 0.5) is 4.79 Å². The first kappa shape index (κ1) is 18.0. The van der Waals surface area contributed by atoms with Crippen LogP contribution < -0.4 is 16.0 Å². The van der Waals surface area contributed by atoms with E-state index >= 15 is 0 Å². The lowest BCUT2D eigenvalue weighted by Gasteiger charge is -2.17. The Kier molecular flexibility index (Phi) is 7.82. The number of nitrogens with zero attached hydrogens (tertiary/aromatic N) is 1. The number of carbonyl (C=O) groups excluding carboxylic acids is 2. The highest BCUT2D eigenvalue weighted by molar-refractivity contribution is 5.85. The number of carbonyl (C=O) groups is 2. The van der Waals surface area contributed by atoms with Crippen molar-refractivity contribution in [1.82, 2.24) is 20.9 Å². The van der Waals surface area contributed by atoms with E-state index in [0.29, 0.717) is 25.4 Å². The number of rotatable bonds is 5. The summed E-state index contributed by atoms with van der Waals surface area (Å²) in [5.74, 6) is 0.774. The van der Waals surface area contributed by atoms with Crippen molar-refractivity contribution < 1.29 is 9.59 Å². The van der Waals surface area contributed by atoms with E-state index in [0.717, 1.165) is 32.5 Å². The van der Waals surface area contributed by atoms with Gasteiger partial charge in [-0.15, -0.1) is 12.4 Å². The van der Waals surface area contributed by atoms with Crippen molar-refractivity contribution in [3.63, 3.8) is 0 Å². The van der Waals surface area contributed by atoms with E-state index in [2.05, 4.69) is 16.0 Å². The van der Waals surface area contributed by atoms with Gasteiger partial charge < -0.3 is 20.9 Å². The molecule has 7 heteroatoms. The molecule has 0 aromatic heterocycles. The minimum Gasteiger partial charge on any atom is -0.352 e. The highest BCUT2D eigenvalue weighted by atomic mass is 35.5. The van der Waals surface area contributed by atoms with Crippen LogP contribution in [0.15, 0.2) is 0 Å². The van der Waals surface area contributed by atoms with Crippen molar-refractivity contribution in [3.05, 3.63) is 0 Å². The zero-order chi connectivity index (χ0) is 14.4. The van der Waals surface area contributed by atoms with Gasteiger partial charge in [0, 0.05) is 32.1 Å². The number of hydrogen-bond acceptors (Lipinski definition) is 3. The molecule has 2 aliphatic heterocycles. The summed E-state index contributed by atoms with van der Waals surface area (Å²) in [6.07, 6.45) is 3.60. The van der Waals surface area contributed by atoms with Crippen LogP contribution in [0.25, 0.3) is 0 Å². The lowest BCUT2D eigenvalue weighted by atomic mass is 10.0. The maximum Gasteiger partial charge on any atom is 0.317 e. The average Bonchev–Trinajstić information content (AvgIpc) is 3.07. The fourth-order valence-corrected chi connectivity index (χ4v) is 2.92. The normalized spacial score (nSPS) is 24.5. The van der Waals surface area contributed by atoms with Gasteiger partial charge in [0.05, 0.1) is 0 Å². The van der Waals surface area contributed by atoms with E-state index in [-0.39, 0.29) is 30.4 Å². The van der Waals surface area contributed by atoms with Crippen molar-refractivity contribution in [3.8, 4) is 0 Å². The Morgan fingerprint density at radius 1 is 1.33 bits per heavy atom. The summed E-state index contributed by atoms with van der Waals surface area (Å²) in [6.45, 7) is 6.02. The number of amides is 3. The maximum absolute atomic E-state index is 11.9. The summed E-state index contributed by atoms with van der Waals surface area (Å²) in [5, 5.41) is 9.16. The van der Waals surface area contributed by atoms with Gasteiger partial charge in [0.2, 0.25) is 5.91 Å². The molecule has 2 saturated heterocycles. The third kappa shape index (κ3) is 5.71. The van der Waals surface area contributed by atoms with Gasteiger partial charge in [0.25, 0.3) is 0 Å². The first-order valence-corrected chi connectivity index (χ1v) is 7.72. The molecular weight excluding hydrogens is 292 g/mol. The Morgan fingerprint density at radius 2 is 2.14 bits per heavy atom. The first-order valence-electron chi connectivity index (χ1n) is 7.72. The van der Waals surface area contributed by atoms with E-state index in [9.17, 15) is 9.59 Å². The smallest absolute Gasteiger partial charge is 0.317 e. The Morgan fingerprint density at radius 3 is 2.81 bits per heavy atom. The Balaban J connectivity index is 0.00000220. The average molecular weight is 319 g/mol. The topological polar surface area (TPSA) is 73.5 Å². The molecule has 0 aliphatic carbocycles. The fraction of sp³-hybridized carbons (Fsp3) is 0.857. The van der Waals surface area contributed by atoms with E-state index in [1.54, 1.807) is 4.90 Å². The Bertz CT molecular complexity index is 348. The van der Waals surface area contributed by atoms with Gasteiger partial charge in [-0.3, -0.25) is 4.79 Å². The third-order valence-corrected chi connectivity index (χ3v) is 4.11. The number of halogens is 1. The van der Waals surface area contributed by atoms with Crippen molar-refractivity contribution in [1.29, 1.82) is 0 Å². The van der Waals surface area contributed by atoms with Gasteiger partial charge in [0.15, 0.2) is 0 Å². The van der Waals surface area contributed by atoms with Crippen LogP contribution in [0.2, 0.25) is 0 Å². The van der Waals surface area contributed by atoms with E-state index in [4.69, 9.17) is 0 Å². The second-order valence-electron chi connectivity index (χ2n) is 5.73. The molecule has 0 aromatic rings. The standard InChI is InChI=1S/C14H26N4O2.ClH/c1-2-16-14(20)18-8-6-12(10-18)17-13(19)4-3-11-5-7-15-9-11;/h11-12,15H,2-10H2,1H3,(H,16,20)(H,17,19);1H. The molecule has 122 valence electrons. The molecule has 21 heavy (non-hydrogen) atoms. The molecule has 2 aliphatic rings. The van der Waals surface area contributed by atoms with Crippen LogP contribution in [-0.2, 0) is 4.79 Å². The molecule has 2 rings (SSSR count). The summed E-state index contributed by atoms with van der Waals surface area (Å²) in [7, 11) is 0. The molecule has 2 unspecified atom stereocenters. The van der Waals surface area contributed by atoms with Crippen LogP contribution in [0.1, 0.15) is 32.6 Å². The van der Waals surface area contributed by atoms with Gasteiger partial charge >= 0.3 is 6.03 Å². The van der Waals surface area contributed by atoms with Gasteiger partial charge in [-0.05, 0) is 45.2 Å². The predicted octanol–water partition coefficient (Wildman–Crippen LogP) is 0.718. The fourth-order valence-electron chi connectivity index (χ4n) is 2.92. The highest BCUT2D eigenvalue weighted by Crippen LogP contribution is 2.15. The molecule has 6 nitrogen and oxygen atoms in total. The van der Waals surface area contributed by atoms with Crippen LogP contribution in [-0.4, -0.2) is 55.6 Å². The Hall–Kier alpha value is -1.01.